The number of aliphatic carboxylic acids is 1. The van der Waals surface area contributed by atoms with Crippen LogP contribution in [0.4, 0.5) is 10.5 Å². The molecule has 0 aliphatic carbocycles. The van der Waals surface area contributed by atoms with Crippen LogP contribution in [0.25, 0.3) is 0 Å². The molecule has 0 bridgehead atoms. The first-order chi connectivity index (χ1) is 36.0. The van der Waals surface area contributed by atoms with Crippen LogP contribution >= 0.6 is 11.3 Å². The first-order valence-electron chi connectivity index (χ1n) is 24.9. The van der Waals surface area contributed by atoms with Gasteiger partial charge in [-0.25, -0.2) is 20.4 Å². The molecule has 424 valence electrons. The van der Waals surface area contributed by atoms with Gasteiger partial charge < -0.3 is 69.9 Å². The summed E-state index contributed by atoms with van der Waals surface area (Å²) in [6.45, 7) is 8.85. The molecule has 2 aromatic rings. The van der Waals surface area contributed by atoms with Crippen molar-refractivity contribution < 1.29 is 82.5 Å². The lowest BCUT2D eigenvalue weighted by Crippen LogP contribution is -2.61. The number of carboxylic acid groups (broad SMARTS) is 1. The fourth-order valence-electron chi connectivity index (χ4n) is 9.32. The molecule has 0 radical (unpaired) electrons. The quantitative estimate of drug-likeness (QED) is 0.0325. The number of rotatable bonds is 27. The van der Waals surface area contributed by atoms with Crippen LogP contribution in [0, 0.1) is 17.8 Å². The molecule has 4 unspecified atom stereocenters. The topological polar surface area (TPSA) is 360 Å². The lowest BCUT2D eigenvalue weighted by atomic mass is 9.90. The van der Waals surface area contributed by atoms with E-state index in [2.05, 4.69) is 20.9 Å². The number of likely N-dealkylation sites (N-methyl/N-ethyl adjacent to an activating group) is 2. The average molecular weight is 1090 g/mol. The second-order valence-corrected chi connectivity index (χ2v) is 20.1. The fraction of sp³-hybridized carbons (Fsp3) is 0.653. The molecule has 2 saturated heterocycles. The number of amides is 7. The predicted octanol–water partition coefficient (Wildman–Crippen LogP) is 0.0686. The smallest absolute Gasteiger partial charge is 0.410 e. The van der Waals surface area contributed by atoms with Gasteiger partial charge in [-0.15, -0.1) is 11.3 Å². The number of aliphatic hydroxyl groups is 3. The Bertz CT molecular complexity index is 2290. The van der Waals surface area contributed by atoms with Crippen molar-refractivity contribution in [1.82, 2.24) is 35.7 Å². The minimum Gasteiger partial charge on any atom is -0.479 e. The highest BCUT2D eigenvalue weighted by molar-refractivity contribution is 7.09. The maximum absolute atomic E-state index is 14.2. The van der Waals surface area contributed by atoms with Gasteiger partial charge in [0.1, 0.15) is 41.7 Å². The number of nitrogens with one attached hydrogen (secondary N) is 4. The van der Waals surface area contributed by atoms with E-state index in [1.54, 1.807) is 38.9 Å². The second-order valence-electron chi connectivity index (χ2n) is 19.2. The highest BCUT2D eigenvalue weighted by Crippen LogP contribution is 2.33. The fourth-order valence-corrected chi connectivity index (χ4v) is 9.88. The second kappa shape index (κ2) is 29.4. The zero-order chi connectivity index (χ0) is 56.6. The third kappa shape index (κ3) is 16.5. The highest BCUT2D eigenvalue weighted by atomic mass is 32.1. The van der Waals surface area contributed by atoms with Crippen molar-refractivity contribution in [3.8, 4) is 5.75 Å². The van der Waals surface area contributed by atoms with Crippen molar-refractivity contribution in [3.63, 3.8) is 0 Å². The van der Waals surface area contributed by atoms with E-state index in [0.29, 0.717) is 25.8 Å². The Hall–Kier alpha value is -6.07. The van der Waals surface area contributed by atoms with Gasteiger partial charge in [-0.1, -0.05) is 47.1 Å². The number of carboxylic acids is 1. The third-order valence-electron chi connectivity index (χ3n) is 13.7. The lowest BCUT2D eigenvalue weighted by Gasteiger charge is -2.39. The largest absolute Gasteiger partial charge is 0.479 e. The van der Waals surface area contributed by atoms with E-state index in [0.717, 1.165) is 9.91 Å². The summed E-state index contributed by atoms with van der Waals surface area (Å²) in [4.78, 5) is 113. The van der Waals surface area contributed by atoms with Crippen LogP contribution in [0.2, 0.25) is 0 Å². The van der Waals surface area contributed by atoms with E-state index in [-0.39, 0.29) is 66.6 Å². The molecule has 12 atom stereocenters. The number of carbonyl (C=O) groups is 8. The molecule has 1 aromatic heterocycles. The molecule has 27 heteroatoms. The number of benzene rings is 1. The predicted molar refractivity (Wildman–Crippen MR) is 271 cm³/mol. The molecule has 4 rings (SSSR count). The first-order valence-corrected chi connectivity index (χ1v) is 25.8. The summed E-state index contributed by atoms with van der Waals surface area (Å²) in [7, 11) is 5.90. The molecule has 0 saturated carbocycles. The minimum atomic E-state index is -2.00. The van der Waals surface area contributed by atoms with Gasteiger partial charge in [-0.2, -0.15) is 0 Å². The number of nitrogens with zero attached hydrogens (tertiary/aromatic N) is 4. The third-order valence-corrected chi connectivity index (χ3v) is 14.5. The van der Waals surface area contributed by atoms with Gasteiger partial charge in [-0.05, 0) is 42.4 Å². The van der Waals surface area contributed by atoms with Crippen molar-refractivity contribution >= 4 is 64.5 Å². The zero-order valence-electron chi connectivity index (χ0n) is 44.3. The standard InChI is InChI=1S/C49H75N9O17S/c1-10-26(4)39(32(71-8)21-36(61)58-18-11-12-30(58)43(72-9)27(5)45(66)52-22-35-51-17-19-76-35)56(6)37(62)23-53-46(67)38(25(2)3)57(7)49(70)73-24-28-13-14-31(29(20-28)54-33(59)15-16-34(60)55-50)74-48-42(65)40(63)41(64)44(75-48)47(68)69/h13-14,17,19-20,25-27,30,32,38-44,48,63-65H,10-12,15-16,18,21-24,50H2,1-9H3,(H,52,66)(H,53,67)(H,54,59)(H,55,60)(H,68,69)/t26?,27-,30+,32-,38+,39+,40?,41+,42?,43-,44?,48-/m1/s1. The van der Waals surface area contributed by atoms with E-state index < -0.39 is 116 Å². The molecule has 0 spiro atoms. The molecule has 2 fully saturated rings. The van der Waals surface area contributed by atoms with Crippen LogP contribution < -0.4 is 32.0 Å². The summed E-state index contributed by atoms with van der Waals surface area (Å²) in [5, 5.41) is 51.1. The number of carbonyl (C=O) groups excluding carboxylic acids is 7. The minimum absolute atomic E-state index is 0.0795. The molecule has 76 heavy (non-hydrogen) atoms. The van der Waals surface area contributed by atoms with Gasteiger partial charge in [-0.3, -0.25) is 39.1 Å². The summed E-state index contributed by atoms with van der Waals surface area (Å²) >= 11 is 1.43. The molecular weight excluding hydrogens is 1020 g/mol. The van der Waals surface area contributed by atoms with Crippen LogP contribution in [0.1, 0.15) is 83.7 Å². The molecular formula is C49H75N9O17S. The van der Waals surface area contributed by atoms with Gasteiger partial charge >= 0.3 is 12.1 Å². The van der Waals surface area contributed by atoms with Gasteiger partial charge in [0.2, 0.25) is 41.7 Å². The summed E-state index contributed by atoms with van der Waals surface area (Å²) in [5.41, 5.74) is 2.02. The monoisotopic (exact) mass is 1090 g/mol. The Balaban J connectivity index is 1.41. The van der Waals surface area contributed by atoms with Crippen molar-refractivity contribution in [1.29, 1.82) is 0 Å². The Labute approximate surface area is 445 Å². The maximum atomic E-state index is 14.2. The van der Waals surface area contributed by atoms with E-state index >= 15 is 0 Å². The number of likely N-dealkylation sites (tertiary alicyclic amines) is 1. The average Bonchev–Trinajstić information content (AvgIpc) is 4.12. The van der Waals surface area contributed by atoms with Crippen molar-refractivity contribution in [2.45, 2.75) is 147 Å². The van der Waals surface area contributed by atoms with E-state index in [4.69, 9.17) is 29.5 Å². The number of anilines is 1. The van der Waals surface area contributed by atoms with E-state index in [9.17, 15) is 58.8 Å². The Kier molecular flexibility index (Phi) is 24.2. The molecule has 2 aliphatic rings. The number of thiazole rings is 1. The zero-order valence-corrected chi connectivity index (χ0v) is 45.2. The normalized spacial score (nSPS) is 21.7. The number of hydrazine groups is 1. The number of nitrogens with two attached hydrogens (primary N) is 1. The van der Waals surface area contributed by atoms with Gasteiger partial charge in [0.25, 0.3) is 0 Å². The van der Waals surface area contributed by atoms with Gasteiger partial charge in [0.05, 0.1) is 55.4 Å². The number of aromatic nitrogens is 1. The highest BCUT2D eigenvalue weighted by Gasteiger charge is 2.48. The van der Waals surface area contributed by atoms with Crippen LogP contribution in [0.3, 0.4) is 0 Å². The van der Waals surface area contributed by atoms with Crippen LogP contribution in [-0.2, 0) is 65.7 Å². The summed E-state index contributed by atoms with van der Waals surface area (Å²) in [5.74, 6) is -0.968. The van der Waals surface area contributed by atoms with Crippen LogP contribution in [-0.4, -0.2) is 190 Å². The van der Waals surface area contributed by atoms with Crippen LogP contribution in [0.5, 0.6) is 5.75 Å². The number of aliphatic hydroxyl groups excluding tert-OH is 3. The Morgan fingerprint density at radius 3 is 2.24 bits per heavy atom. The summed E-state index contributed by atoms with van der Waals surface area (Å²) in [6, 6.07) is 1.82. The van der Waals surface area contributed by atoms with Crippen molar-refractivity contribution in [2.24, 2.45) is 23.6 Å². The maximum Gasteiger partial charge on any atom is 0.410 e. The Morgan fingerprint density at radius 1 is 0.934 bits per heavy atom. The van der Waals surface area contributed by atoms with Crippen molar-refractivity contribution in [2.75, 3.05) is 46.7 Å². The summed E-state index contributed by atoms with van der Waals surface area (Å²) in [6.07, 6.45) is -9.22. The number of methoxy groups -OCH3 is 2. The van der Waals surface area contributed by atoms with Crippen molar-refractivity contribution in [3.05, 3.63) is 40.3 Å². The molecule has 7 amide bonds. The number of hydrogen-bond donors (Lipinski definition) is 9. The number of ether oxygens (including phenoxy) is 5. The van der Waals surface area contributed by atoms with Crippen LogP contribution in [0.15, 0.2) is 29.8 Å². The number of hydrogen-bond acceptors (Lipinski definition) is 19. The van der Waals surface area contributed by atoms with E-state index in [1.165, 1.54) is 55.7 Å². The molecule has 1 aromatic carbocycles. The molecule has 26 nitrogen and oxygen atoms in total. The SMILES string of the molecule is CCC(C)[C@@H]([C@@H](CC(=O)N1CCC[C@H]1[C@H](OC)[C@@H](C)C(=O)NCc1nccs1)OC)N(C)C(=O)CNC(=O)[C@H](C(C)C)N(C)C(=O)OCc1ccc(O[C@@H]2OC(C(=O)O)[C@@H](O)C(O)C2O)c(NC(=O)CCC(=O)NN)c1. The Morgan fingerprint density at radius 2 is 1.63 bits per heavy atom. The van der Waals surface area contributed by atoms with E-state index in [1.807, 2.05) is 24.7 Å². The first kappa shape index (κ1) is 62.5. The van der Waals surface area contributed by atoms with Gasteiger partial charge in [0.15, 0.2) is 6.10 Å². The van der Waals surface area contributed by atoms with Gasteiger partial charge in [0, 0.05) is 59.3 Å². The summed E-state index contributed by atoms with van der Waals surface area (Å²) < 4.78 is 28.3. The molecule has 3 heterocycles. The molecule has 10 N–H and O–H groups in total. The lowest BCUT2D eigenvalue weighted by molar-refractivity contribution is -0.271. The molecule has 2 aliphatic heterocycles.